The number of hydrogen-bond donors (Lipinski definition) is 0. The summed E-state index contributed by atoms with van der Waals surface area (Å²) in [5, 5.41) is 0. The van der Waals surface area contributed by atoms with E-state index in [9.17, 15) is 13.2 Å². The Balaban J connectivity index is 1.72. The number of sulfone groups is 1. The van der Waals surface area contributed by atoms with Gasteiger partial charge in [0.15, 0.2) is 16.4 Å². The maximum absolute atomic E-state index is 13.0. The van der Waals surface area contributed by atoms with Gasteiger partial charge in [-0.05, 0) is 47.6 Å². The molecule has 0 bridgehead atoms. The van der Waals surface area contributed by atoms with Crippen molar-refractivity contribution in [3.05, 3.63) is 65.2 Å². The van der Waals surface area contributed by atoms with Crippen LogP contribution in [-0.2, 0) is 27.6 Å². The van der Waals surface area contributed by atoms with Gasteiger partial charge >= 0.3 is 0 Å². The molecule has 1 heterocycles. The average molecular weight is 430 g/mol. The fraction of sp³-hybridized carbons (Fsp3) is 0.458. The van der Waals surface area contributed by atoms with Crippen molar-refractivity contribution in [2.24, 2.45) is 0 Å². The monoisotopic (exact) mass is 429 g/mol. The highest BCUT2D eigenvalue weighted by Gasteiger charge is 2.34. The van der Waals surface area contributed by atoms with Gasteiger partial charge in [-0.15, -0.1) is 0 Å². The van der Waals surface area contributed by atoms with Crippen LogP contribution in [0, 0.1) is 0 Å². The number of carbonyl (C=O) groups excluding carboxylic acids is 1. The minimum Gasteiger partial charge on any atom is -0.484 e. The zero-order valence-corrected chi connectivity index (χ0v) is 18.8. The smallest absolute Gasteiger partial charge is 0.261 e. The van der Waals surface area contributed by atoms with E-state index in [1.165, 1.54) is 11.1 Å². The highest BCUT2D eigenvalue weighted by molar-refractivity contribution is 7.91. The van der Waals surface area contributed by atoms with E-state index in [0.29, 0.717) is 24.6 Å². The molecule has 1 saturated heterocycles. The number of amides is 1. The van der Waals surface area contributed by atoms with Crippen LogP contribution in [0.4, 0.5) is 0 Å². The number of nitrogens with zero attached hydrogens (tertiary/aromatic N) is 1. The van der Waals surface area contributed by atoms with Gasteiger partial charge in [-0.2, -0.15) is 0 Å². The average Bonchev–Trinajstić information content (AvgIpc) is 3.10. The summed E-state index contributed by atoms with van der Waals surface area (Å²) in [5.74, 6) is 1.04. The molecular weight excluding hydrogens is 398 g/mol. The zero-order chi connectivity index (χ0) is 21.7. The van der Waals surface area contributed by atoms with Gasteiger partial charge in [-0.3, -0.25) is 4.79 Å². The molecule has 2 aromatic rings. The Morgan fingerprint density at radius 1 is 1.07 bits per heavy atom. The molecule has 0 N–H and O–H groups in total. The topological polar surface area (TPSA) is 63.7 Å². The van der Waals surface area contributed by atoms with E-state index in [1.807, 2.05) is 36.4 Å². The Kier molecular flexibility index (Phi) is 7.19. The van der Waals surface area contributed by atoms with E-state index in [4.69, 9.17) is 4.74 Å². The van der Waals surface area contributed by atoms with Gasteiger partial charge in [0.1, 0.15) is 5.75 Å². The predicted octanol–water partition coefficient (Wildman–Crippen LogP) is 3.97. The third-order valence-corrected chi connectivity index (χ3v) is 7.41. The van der Waals surface area contributed by atoms with Crippen LogP contribution in [0.15, 0.2) is 48.5 Å². The Labute approximate surface area is 180 Å². The molecular formula is C24H31NO4S. The number of aryl methyl sites for hydroxylation is 1. The van der Waals surface area contributed by atoms with Gasteiger partial charge < -0.3 is 9.64 Å². The number of ether oxygens (including phenoxy) is 1. The second-order valence-corrected chi connectivity index (χ2v) is 10.5. The molecule has 3 rings (SSSR count). The largest absolute Gasteiger partial charge is 0.484 e. The summed E-state index contributed by atoms with van der Waals surface area (Å²) in [4.78, 5) is 14.7. The standard InChI is InChI=1S/C24H31NO4S/c1-4-19-7-11-23(12-8-19)29-16-24(26)25(22-13-14-30(27,28)17-22)15-20-5-9-21(10-6-20)18(2)3/h5-12,18,22H,4,13-17H2,1-3H3/t22-/m1/s1. The van der Waals surface area contributed by atoms with Gasteiger partial charge in [0, 0.05) is 12.6 Å². The summed E-state index contributed by atoms with van der Waals surface area (Å²) in [7, 11) is -3.09. The molecule has 6 heteroatoms. The molecule has 0 aromatic heterocycles. The number of hydrogen-bond acceptors (Lipinski definition) is 4. The number of benzene rings is 2. The van der Waals surface area contributed by atoms with Crippen molar-refractivity contribution < 1.29 is 17.9 Å². The first-order valence-corrected chi connectivity index (χ1v) is 12.4. The fourth-order valence-corrected chi connectivity index (χ4v) is 5.43. The normalized spacial score (nSPS) is 17.8. The summed E-state index contributed by atoms with van der Waals surface area (Å²) in [6, 6.07) is 15.6. The molecule has 0 aliphatic carbocycles. The summed E-state index contributed by atoms with van der Waals surface area (Å²) in [6.45, 7) is 6.64. The van der Waals surface area contributed by atoms with Gasteiger partial charge in [-0.1, -0.05) is 57.2 Å². The lowest BCUT2D eigenvalue weighted by Crippen LogP contribution is -2.43. The van der Waals surface area contributed by atoms with Crippen LogP contribution in [0.1, 0.15) is 49.8 Å². The Hall–Kier alpha value is -2.34. The van der Waals surface area contributed by atoms with E-state index in [0.717, 1.165) is 12.0 Å². The molecule has 0 radical (unpaired) electrons. The molecule has 162 valence electrons. The summed E-state index contributed by atoms with van der Waals surface area (Å²) in [5.41, 5.74) is 3.43. The lowest BCUT2D eigenvalue weighted by Gasteiger charge is -2.28. The molecule has 1 amide bonds. The molecule has 1 atom stereocenters. The van der Waals surface area contributed by atoms with Crippen molar-refractivity contribution in [2.75, 3.05) is 18.1 Å². The molecule has 0 saturated carbocycles. The first-order valence-electron chi connectivity index (χ1n) is 10.6. The molecule has 0 spiro atoms. The van der Waals surface area contributed by atoms with Gasteiger partial charge in [0.05, 0.1) is 11.5 Å². The van der Waals surface area contributed by atoms with Crippen molar-refractivity contribution in [1.82, 2.24) is 4.90 Å². The molecule has 1 aliphatic rings. The number of rotatable bonds is 8. The van der Waals surface area contributed by atoms with E-state index < -0.39 is 9.84 Å². The maximum atomic E-state index is 13.0. The van der Waals surface area contributed by atoms with Crippen molar-refractivity contribution >= 4 is 15.7 Å². The van der Waals surface area contributed by atoms with Crippen LogP contribution in [0.25, 0.3) is 0 Å². The predicted molar refractivity (Wildman–Crippen MR) is 119 cm³/mol. The molecule has 30 heavy (non-hydrogen) atoms. The zero-order valence-electron chi connectivity index (χ0n) is 18.0. The first kappa shape index (κ1) is 22.3. The van der Waals surface area contributed by atoms with Crippen LogP contribution < -0.4 is 4.74 Å². The summed E-state index contributed by atoms with van der Waals surface area (Å²) < 4.78 is 29.7. The van der Waals surface area contributed by atoms with E-state index in [2.05, 4.69) is 32.9 Å². The van der Waals surface area contributed by atoms with Crippen LogP contribution in [0.3, 0.4) is 0 Å². The minimum absolute atomic E-state index is 0.0218. The van der Waals surface area contributed by atoms with Crippen molar-refractivity contribution in [3.8, 4) is 5.75 Å². The van der Waals surface area contributed by atoms with E-state index in [1.54, 1.807) is 4.90 Å². The van der Waals surface area contributed by atoms with Gasteiger partial charge in [0.25, 0.3) is 5.91 Å². The third-order valence-electron chi connectivity index (χ3n) is 5.66. The van der Waals surface area contributed by atoms with Crippen molar-refractivity contribution in [1.29, 1.82) is 0 Å². The first-order chi connectivity index (χ1) is 14.3. The Morgan fingerprint density at radius 3 is 2.23 bits per heavy atom. The number of carbonyl (C=O) groups is 1. The van der Waals surface area contributed by atoms with E-state index in [-0.39, 0.29) is 30.1 Å². The molecule has 1 fully saturated rings. The molecule has 2 aromatic carbocycles. The molecule has 1 aliphatic heterocycles. The maximum Gasteiger partial charge on any atom is 0.261 e. The highest BCUT2D eigenvalue weighted by Crippen LogP contribution is 2.22. The molecule has 0 unspecified atom stereocenters. The SMILES string of the molecule is CCc1ccc(OCC(=O)N(Cc2ccc(C(C)C)cc2)[C@@H]2CCS(=O)(=O)C2)cc1. The van der Waals surface area contributed by atoms with Crippen LogP contribution in [-0.4, -0.2) is 43.4 Å². The lowest BCUT2D eigenvalue weighted by atomic mass is 10.0. The van der Waals surface area contributed by atoms with Crippen LogP contribution in [0.2, 0.25) is 0 Å². The second-order valence-electron chi connectivity index (χ2n) is 8.26. The van der Waals surface area contributed by atoms with Crippen LogP contribution in [0.5, 0.6) is 5.75 Å². The van der Waals surface area contributed by atoms with Crippen molar-refractivity contribution in [3.63, 3.8) is 0 Å². The van der Waals surface area contributed by atoms with Crippen molar-refractivity contribution in [2.45, 2.75) is 52.1 Å². The fourth-order valence-electron chi connectivity index (χ4n) is 3.70. The molecule has 5 nitrogen and oxygen atoms in total. The second kappa shape index (κ2) is 9.65. The van der Waals surface area contributed by atoms with Crippen LogP contribution >= 0.6 is 0 Å². The Bertz CT molecular complexity index is 950. The quantitative estimate of drug-likeness (QED) is 0.637. The highest BCUT2D eigenvalue weighted by atomic mass is 32.2. The third kappa shape index (κ3) is 5.85. The minimum atomic E-state index is -3.09. The Morgan fingerprint density at radius 2 is 1.70 bits per heavy atom. The summed E-state index contributed by atoms with van der Waals surface area (Å²) >= 11 is 0. The van der Waals surface area contributed by atoms with E-state index >= 15 is 0 Å². The lowest BCUT2D eigenvalue weighted by molar-refractivity contribution is -0.136. The van der Waals surface area contributed by atoms with Gasteiger partial charge in [-0.25, -0.2) is 8.42 Å². The summed E-state index contributed by atoms with van der Waals surface area (Å²) in [6.07, 6.45) is 1.42. The van der Waals surface area contributed by atoms with Gasteiger partial charge in [0.2, 0.25) is 0 Å².